The van der Waals surface area contributed by atoms with E-state index in [0.717, 1.165) is 22.4 Å². The van der Waals surface area contributed by atoms with Crippen molar-refractivity contribution >= 4 is 22.8 Å². The van der Waals surface area contributed by atoms with Gasteiger partial charge in [-0.25, -0.2) is 9.97 Å². The molecule has 0 bridgehead atoms. The van der Waals surface area contributed by atoms with Crippen molar-refractivity contribution < 1.29 is 19.1 Å². The highest BCUT2D eigenvalue weighted by atomic mass is 16.5. The van der Waals surface area contributed by atoms with Crippen LogP contribution in [0.1, 0.15) is 44.9 Å². The van der Waals surface area contributed by atoms with Crippen molar-refractivity contribution in [3.8, 4) is 11.5 Å². The summed E-state index contributed by atoms with van der Waals surface area (Å²) in [5.41, 5.74) is 4.33. The Morgan fingerprint density at radius 1 is 0.879 bits per heavy atom. The van der Waals surface area contributed by atoms with Crippen molar-refractivity contribution in [2.45, 2.75) is 32.7 Å². The summed E-state index contributed by atoms with van der Waals surface area (Å²) in [5, 5.41) is 3.07. The Labute approximate surface area is 192 Å². The van der Waals surface area contributed by atoms with Crippen LogP contribution in [0.5, 0.6) is 11.5 Å². The molecule has 1 fully saturated rings. The van der Waals surface area contributed by atoms with Crippen molar-refractivity contribution in [1.82, 2.24) is 20.2 Å². The first-order valence-electron chi connectivity index (χ1n) is 11.0. The maximum atomic E-state index is 13.0. The molecule has 8 heteroatoms. The molecule has 1 saturated heterocycles. The molecule has 2 aromatic carbocycles. The fourth-order valence-electron chi connectivity index (χ4n) is 3.98. The number of nitrogens with zero attached hydrogens (tertiary/aromatic N) is 3. The zero-order chi connectivity index (χ0) is 23.5. The molecule has 1 aliphatic rings. The number of methoxy groups -OCH3 is 2. The molecular weight excluding hydrogens is 420 g/mol. The third-order valence-corrected chi connectivity index (χ3v) is 6.05. The third-order valence-electron chi connectivity index (χ3n) is 6.05. The van der Waals surface area contributed by atoms with Crippen molar-refractivity contribution in [2.24, 2.45) is 0 Å². The maximum absolute atomic E-state index is 13.0. The van der Waals surface area contributed by atoms with Crippen LogP contribution in [0.4, 0.5) is 0 Å². The minimum absolute atomic E-state index is 0.00755. The number of likely N-dealkylation sites (tertiary alicyclic amines) is 1. The lowest BCUT2D eigenvalue weighted by atomic mass is 10.0. The van der Waals surface area contributed by atoms with Crippen LogP contribution >= 0.6 is 0 Å². The Morgan fingerprint density at radius 3 is 2.09 bits per heavy atom. The SMILES string of the molecule is COc1cc(OC)cc(C(=O)NC2CCN(C(=O)c3ccc4nc(C)c(C)nc4c3)CC2)c1. The van der Waals surface area contributed by atoms with E-state index in [9.17, 15) is 9.59 Å². The zero-order valence-electron chi connectivity index (χ0n) is 19.3. The predicted molar refractivity (Wildman–Crippen MR) is 125 cm³/mol. The van der Waals surface area contributed by atoms with E-state index >= 15 is 0 Å². The Kier molecular flexibility index (Phi) is 6.44. The fourth-order valence-corrected chi connectivity index (χ4v) is 3.98. The summed E-state index contributed by atoms with van der Waals surface area (Å²) in [4.78, 5) is 36.7. The number of aryl methyl sites for hydroxylation is 2. The number of nitrogens with one attached hydrogen (secondary N) is 1. The normalized spacial score (nSPS) is 14.2. The van der Waals surface area contributed by atoms with E-state index in [-0.39, 0.29) is 17.9 Å². The van der Waals surface area contributed by atoms with Crippen molar-refractivity contribution in [3.63, 3.8) is 0 Å². The highest BCUT2D eigenvalue weighted by Crippen LogP contribution is 2.23. The van der Waals surface area contributed by atoms with E-state index in [1.165, 1.54) is 0 Å². The molecule has 2 heterocycles. The third kappa shape index (κ3) is 4.89. The summed E-state index contributed by atoms with van der Waals surface area (Å²) < 4.78 is 10.5. The minimum atomic E-state index is -0.184. The number of benzene rings is 2. The first-order chi connectivity index (χ1) is 15.9. The number of amides is 2. The van der Waals surface area contributed by atoms with Gasteiger partial charge in [0.2, 0.25) is 0 Å². The lowest BCUT2D eigenvalue weighted by Gasteiger charge is -2.32. The van der Waals surface area contributed by atoms with Gasteiger partial charge in [0.05, 0.1) is 36.6 Å². The molecule has 2 amide bonds. The molecule has 1 aromatic heterocycles. The van der Waals surface area contributed by atoms with Crippen LogP contribution in [-0.4, -0.2) is 60.0 Å². The van der Waals surface area contributed by atoms with Crippen LogP contribution in [0.25, 0.3) is 11.0 Å². The molecule has 1 N–H and O–H groups in total. The van der Waals surface area contributed by atoms with Crippen molar-refractivity contribution in [3.05, 3.63) is 58.9 Å². The van der Waals surface area contributed by atoms with Gasteiger partial charge < -0.3 is 19.7 Å². The molecule has 0 radical (unpaired) electrons. The van der Waals surface area contributed by atoms with Gasteiger partial charge in [0, 0.05) is 36.3 Å². The summed E-state index contributed by atoms with van der Waals surface area (Å²) in [6.45, 7) is 4.98. The Morgan fingerprint density at radius 2 is 1.48 bits per heavy atom. The van der Waals surface area contributed by atoms with Gasteiger partial charge in [-0.3, -0.25) is 9.59 Å². The van der Waals surface area contributed by atoms with E-state index < -0.39 is 0 Å². The Hall–Kier alpha value is -3.68. The number of rotatable bonds is 5. The van der Waals surface area contributed by atoms with E-state index in [0.29, 0.717) is 48.6 Å². The standard InChI is InChI=1S/C25H28N4O4/c1-15-16(2)27-23-13-17(5-6-22(23)26-15)25(31)29-9-7-19(8-10-29)28-24(30)18-11-20(32-3)14-21(12-18)33-4/h5-6,11-14,19H,7-10H2,1-4H3,(H,28,30). The van der Waals surface area contributed by atoms with Crippen LogP contribution in [0.3, 0.4) is 0 Å². The summed E-state index contributed by atoms with van der Waals surface area (Å²) in [5.74, 6) is 0.908. The Bertz CT molecular complexity index is 1180. The number of hydrogen-bond acceptors (Lipinski definition) is 6. The van der Waals surface area contributed by atoms with Gasteiger partial charge in [-0.05, 0) is 57.0 Å². The molecule has 0 spiro atoms. The lowest BCUT2D eigenvalue weighted by Crippen LogP contribution is -2.46. The van der Waals surface area contributed by atoms with Crippen molar-refractivity contribution in [1.29, 1.82) is 0 Å². The first kappa shape index (κ1) is 22.5. The fraction of sp³-hybridized carbons (Fsp3) is 0.360. The number of carbonyl (C=O) groups is 2. The van der Waals surface area contributed by atoms with Gasteiger partial charge in [0.15, 0.2) is 0 Å². The van der Waals surface area contributed by atoms with E-state index in [1.54, 1.807) is 44.6 Å². The largest absolute Gasteiger partial charge is 0.497 e. The van der Waals surface area contributed by atoms with Crippen LogP contribution < -0.4 is 14.8 Å². The molecule has 8 nitrogen and oxygen atoms in total. The summed E-state index contributed by atoms with van der Waals surface area (Å²) in [7, 11) is 3.10. The summed E-state index contributed by atoms with van der Waals surface area (Å²) in [6.07, 6.45) is 1.37. The molecule has 33 heavy (non-hydrogen) atoms. The average molecular weight is 449 g/mol. The monoisotopic (exact) mass is 448 g/mol. The second-order valence-electron chi connectivity index (χ2n) is 8.24. The second kappa shape index (κ2) is 9.44. The lowest BCUT2D eigenvalue weighted by molar-refractivity contribution is 0.0698. The van der Waals surface area contributed by atoms with Gasteiger partial charge in [0.1, 0.15) is 11.5 Å². The molecule has 0 atom stereocenters. The van der Waals surface area contributed by atoms with Gasteiger partial charge in [-0.1, -0.05) is 0 Å². The van der Waals surface area contributed by atoms with Gasteiger partial charge >= 0.3 is 0 Å². The molecule has 0 saturated carbocycles. The van der Waals surface area contributed by atoms with E-state index in [4.69, 9.17) is 9.47 Å². The maximum Gasteiger partial charge on any atom is 0.253 e. The molecule has 1 aliphatic heterocycles. The molecule has 3 aromatic rings. The van der Waals surface area contributed by atoms with E-state index in [1.807, 2.05) is 24.8 Å². The van der Waals surface area contributed by atoms with Gasteiger partial charge in [0.25, 0.3) is 11.8 Å². The molecule has 4 rings (SSSR count). The van der Waals surface area contributed by atoms with Gasteiger partial charge in [-0.2, -0.15) is 0 Å². The highest BCUT2D eigenvalue weighted by Gasteiger charge is 2.25. The number of aromatic nitrogens is 2. The first-order valence-corrected chi connectivity index (χ1v) is 11.0. The molecule has 0 unspecified atom stereocenters. The van der Waals surface area contributed by atoms with Crippen LogP contribution in [0.15, 0.2) is 36.4 Å². The highest BCUT2D eigenvalue weighted by molar-refractivity contribution is 5.97. The summed E-state index contributed by atoms with van der Waals surface area (Å²) >= 11 is 0. The second-order valence-corrected chi connectivity index (χ2v) is 8.24. The molecule has 0 aliphatic carbocycles. The van der Waals surface area contributed by atoms with Crippen LogP contribution in [-0.2, 0) is 0 Å². The number of hydrogen-bond donors (Lipinski definition) is 1. The number of carbonyl (C=O) groups excluding carboxylic acids is 2. The van der Waals surface area contributed by atoms with Crippen LogP contribution in [0, 0.1) is 13.8 Å². The number of fused-ring (bicyclic) bond motifs is 1. The average Bonchev–Trinajstić information content (AvgIpc) is 2.84. The summed E-state index contributed by atoms with van der Waals surface area (Å²) in [6, 6.07) is 10.5. The smallest absolute Gasteiger partial charge is 0.253 e. The Balaban J connectivity index is 1.38. The molecular formula is C25H28N4O4. The minimum Gasteiger partial charge on any atom is -0.497 e. The quantitative estimate of drug-likeness (QED) is 0.644. The topological polar surface area (TPSA) is 93.7 Å². The van der Waals surface area contributed by atoms with E-state index in [2.05, 4.69) is 15.3 Å². The van der Waals surface area contributed by atoms with Gasteiger partial charge in [-0.15, -0.1) is 0 Å². The zero-order valence-corrected chi connectivity index (χ0v) is 19.3. The van der Waals surface area contributed by atoms with Crippen LogP contribution in [0.2, 0.25) is 0 Å². The number of ether oxygens (including phenoxy) is 2. The number of piperidine rings is 1. The molecule has 172 valence electrons. The van der Waals surface area contributed by atoms with Crippen molar-refractivity contribution in [2.75, 3.05) is 27.3 Å². The predicted octanol–water partition coefficient (Wildman–Crippen LogP) is 3.30.